The number of benzene rings is 2. The molecule has 3 rings (SSSR count). The summed E-state index contributed by atoms with van der Waals surface area (Å²) in [5.74, 6) is -0.681. The van der Waals surface area contributed by atoms with Crippen molar-refractivity contribution in [3.05, 3.63) is 76.1 Å². The Labute approximate surface area is 146 Å². The second-order valence-corrected chi connectivity index (χ2v) is 5.76. The molecule has 1 heterocycles. The van der Waals surface area contributed by atoms with Crippen LogP contribution >= 0.6 is 0 Å². The van der Waals surface area contributed by atoms with Crippen LogP contribution in [0.3, 0.4) is 0 Å². The van der Waals surface area contributed by atoms with Gasteiger partial charge in [-0.15, -0.1) is 13.2 Å². The largest absolute Gasteiger partial charge is 0.573 e. The lowest BCUT2D eigenvalue weighted by atomic mass is 10.1. The van der Waals surface area contributed by atoms with Crippen molar-refractivity contribution in [1.82, 2.24) is 4.57 Å². The van der Waals surface area contributed by atoms with Gasteiger partial charge in [-0.3, -0.25) is 9.59 Å². The van der Waals surface area contributed by atoms with Crippen LogP contribution < -0.4 is 10.3 Å². The monoisotopic (exact) mass is 361 g/mol. The molecule has 134 valence electrons. The highest BCUT2D eigenvalue weighted by atomic mass is 19.4. The Balaban J connectivity index is 2.02. The van der Waals surface area contributed by atoms with Crippen LogP contribution in [0.1, 0.15) is 22.8 Å². The van der Waals surface area contributed by atoms with Crippen molar-refractivity contribution in [3.63, 3.8) is 0 Å². The highest BCUT2D eigenvalue weighted by Gasteiger charge is 2.30. The standard InChI is InChI=1S/C19H14F3NO3/c1-12(24)16-10-14-4-2-3-5-17(14)23(18(16)25)11-13-6-8-15(9-7-13)26-19(20,21)22/h2-10H,11H2,1H3. The van der Waals surface area contributed by atoms with E-state index in [2.05, 4.69) is 4.74 Å². The molecule has 4 nitrogen and oxygen atoms in total. The van der Waals surface area contributed by atoms with E-state index in [0.29, 0.717) is 11.1 Å². The van der Waals surface area contributed by atoms with E-state index in [1.807, 2.05) is 0 Å². The molecule has 0 radical (unpaired) electrons. The summed E-state index contributed by atoms with van der Waals surface area (Å²) < 4.78 is 42.0. The van der Waals surface area contributed by atoms with E-state index in [4.69, 9.17) is 0 Å². The summed E-state index contributed by atoms with van der Waals surface area (Å²) in [6.07, 6.45) is -4.76. The number of carbonyl (C=O) groups is 1. The van der Waals surface area contributed by atoms with Crippen molar-refractivity contribution >= 4 is 16.7 Å². The van der Waals surface area contributed by atoms with E-state index in [1.165, 1.54) is 35.8 Å². The average Bonchev–Trinajstić information content (AvgIpc) is 2.57. The van der Waals surface area contributed by atoms with Crippen LogP contribution in [0.4, 0.5) is 13.2 Å². The molecule has 7 heteroatoms. The minimum absolute atomic E-state index is 0.0701. The lowest BCUT2D eigenvalue weighted by Crippen LogP contribution is -2.26. The predicted octanol–water partition coefficient (Wildman–Crippen LogP) is 4.15. The molecule has 26 heavy (non-hydrogen) atoms. The van der Waals surface area contributed by atoms with E-state index in [-0.39, 0.29) is 23.6 Å². The number of Topliss-reactive ketones (excluding diaryl/α,β-unsaturated/α-hetero) is 1. The van der Waals surface area contributed by atoms with Gasteiger partial charge in [0, 0.05) is 0 Å². The van der Waals surface area contributed by atoms with E-state index in [1.54, 1.807) is 30.3 Å². The Morgan fingerprint density at radius 2 is 1.73 bits per heavy atom. The highest BCUT2D eigenvalue weighted by molar-refractivity contribution is 5.97. The Morgan fingerprint density at radius 1 is 1.08 bits per heavy atom. The van der Waals surface area contributed by atoms with Gasteiger partial charge in [0.1, 0.15) is 5.75 Å². The molecule has 2 aromatic carbocycles. The molecule has 0 saturated heterocycles. The summed E-state index contributed by atoms with van der Waals surface area (Å²) in [7, 11) is 0. The summed E-state index contributed by atoms with van der Waals surface area (Å²) >= 11 is 0. The van der Waals surface area contributed by atoms with Crippen molar-refractivity contribution < 1.29 is 22.7 Å². The number of ether oxygens (including phenoxy) is 1. The highest BCUT2D eigenvalue weighted by Crippen LogP contribution is 2.23. The summed E-state index contributed by atoms with van der Waals surface area (Å²) in [5, 5.41) is 0.731. The molecule has 0 unspecified atom stereocenters. The van der Waals surface area contributed by atoms with Crippen molar-refractivity contribution in [2.45, 2.75) is 19.8 Å². The first-order chi connectivity index (χ1) is 12.2. The number of pyridine rings is 1. The maximum absolute atomic E-state index is 12.7. The molecular weight excluding hydrogens is 347 g/mol. The Hall–Kier alpha value is -3.09. The van der Waals surface area contributed by atoms with E-state index in [9.17, 15) is 22.8 Å². The van der Waals surface area contributed by atoms with Crippen LogP contribution in [-0.4, -0.2) is 16.7 Å². The van der Waals surface area contributed by atoms with Gasteiger partial charge < -0.3 is 9.30 Å². The summed E-state index contributed by atoms with van der Waals surface area (Å²) in [6, 6.07) is 13.9. The van der Waals surface area contributed by atoms with Crippen molar-refractivity contribution in [2.24, 2.45) is 0 Å². The number of para-hydroxylation sites is 1. The van der Waals surface area contributed by atoms with Gasteiger partial charge in [-0.2, -0.15) is 0 Å². The Morgan fingerprint density at radius 3 is 2.35 bits per heavy atom. The third-order valence-corrected chi connectivity index (χ3v) is 3.88. The Kier molecular flexibility index (Phi) is 4.54. The zero-order chi connectivity index (χ0) is 18.9. The maximum atomic E-state index is 12.7. The number of rotatable bonds is 4. The SMILES string of the molecule is CC(=O)c1cc2ccccc2n(Cc2ccc(OC(F)(F)F)cc2)c1=O. The van der Waals surface area contributed by atoms with Gasteiger partial charge in [-0.25, -0.2) is 0 Å². The van der Waals surface area contributed by atoms with Crippen molar-refractivity contribution in [3.8, 4) is 5.75 Å². The molecular formula is C19H14F3NO3. The molecule has 0 bridgehead atoms. The predicted molar refractivity (Wildman–Crippen MR) is 90.4 cm³/mol. The first kappa shape index (κ1) is 17.7. The number of halogens is 3. The number of hydrogen-bond donors (Lipinski definition) is 0. The number of fused-ring (bicyclic) bond motifs is 1. The minimum Gasteiger partial charge on any atom is -0.406 e. The lowest BCUT2D eigenvalue weighted by molar-refractivity contribution is -0.274. The molecule has 0 saturated carbocycles. The van der Waals surface area contributed by atoms with Crippen molar-refractivity contribution in [1.29, 1.82) is 0 Å². The number of hydrogen-bond acceptors (Lipinski definition) is 3. The van der Waals surface area contributed by atoms with Gasteiger partial charge in [0.2, 0.25) is 0 Å². The fraction of sp³-hybridized carbons (Fsp3) is 0.158. The molecule has 0 aliphatic heterocycles. The minimum atomic E-state index is -4.76. The number of alkyl halides is 3. The number of nitrogens with zero attached hydrogens (tertiary/aromatic N) is 1. The molecule has 0 amide bonds. The van der Waals surface area contributed by atoms with Crippen LogP contribution in [0.2, 0.25) is 0 Å². The third kappa shape index (κ3) is 3.77. The maximum Gasteiger partial charge on any atom is 0.573 e. The van der Waals surface area contributed by atoms with Crippen molar-refractivity contribution in [2.75, 3.05) is 0 Å². The third-order valence-electron chi connectivity index (χ3n) is 3.88. The second kappa shape index (κ2) is 6.67. The van der Waals surface area contributed by atoms with Gasteiger partial charge in [0.25, 0.3) is 5.56 Å². The van der Waals surface area contributed by atoms with Crippen LogP contribution in [-0.2, 0) is 6.54 Å². The van der Waals surface area contributed by atoms with Gasteiger partial charge >= 0.3 is 6.36 Å². The summed E-state index contributed by atoms with van der Waals surface area (Å²) in [5.41, 5.74) is 0.873. The molecule has 0 N–H and O–H groups in total. The van der Waals surface area contributed by atoms with Gasteiger partial charge in [-0.1, -0.05) is 30.3 Å². The van der Waals surface area contributed by atoms with Gasteiger partial charge in [-0.05, 0) is 42.1 Å². The molecule has 0 aliphatic rings. The van der Waals surface area contributed by atoms with Crippen LogP contribution in [0.15, 0.2) is 59.4 Å². The first-order valence-corrected chi connectivity index (χ1v) is 7.73. The second-order valence-electron chi connectivity index (χ2n) is 5.76. The molecule has 0 aliphatic carbocycles. The smallest absolute Gasteiger partial charge is 0.406 e. The van der Waals surface area contributed by atoms with Crippen LogP contribution in [0.25, 0.3) is 10.9 Å². The normalized spacial score (nSPS) is 11.5. The van der Waals surface area contributed by atoms with E-state index in [0.717, 1.165) is 5.39 Å². The summed E-state index contributed by atoms with van der Waals surface area (Å²) in [6.45, 7) is 1.44. The van der Waals surface area contributed by atoms with Crippen LogP contribution in [0.5, 0.6) is 5.75 Å². The molecule has 1 aromatic heterocycles. The van der Waals surface area contributed by atoms with E-state index < -0.39 is 11.9 Å². The molecule has 3 aromatic rings. The number of aromatic nitrogens is 1. The number of carbonyl (C=O) groups excluding carboxylic acids is 1. The number of ketones is 1. The first-order valence-electron chi connectivity index (χ1n) is 7.73. The topological polar surface area (TPSA) is 48.3 Å². The van der Waals surface area contributed by atoms with Crippen LogP contribution in [0, 0.1) is 0 Å². The summed E-state index contributed by atoms with van der Waals surface area (Å²) in [4.78, 5) is 24.4. The molecule has 0 fully saturated rings. The quantitative estimate of drug-likeness (QED) is 0.656. The van der Waals surface area contributed by atoms with Gasteiger partial charge in [0.05, 0.1) is 17.6 Å². The Bertz CT molecular complexity index is 1020. The fourth-order valence-corrected chi connectivity index (χ4v) is 2.72. The lowest BCUT2D eigenvalue weighted by Gasteiger charge is -2.13. The fourth-order valence-electron chi connectivity index (χ4n) is 2.72. The van der Waals surface area contributed by atoms with E-state index >= 15 is 0 Å². The zero-order valence-electron chi connectivity index (χ0n) is 13.7. The molecule has 0 atom stereocenters. The van der Waals surface area contributed by atoms with Gasteiger partial charge in [0.15, 0.2) is 5.78 Å². The molecule has 0 spiro atoms. The zero-order valence-corrected chi connectivity index (χ0v) is 13.7. The average molecular weight is 361 g/mol.